The monoisotopic (exact) mass is 257 g/mol. The lowest BCUT2D eigenvalue weighted by molar-refractivity contribution is 0.172. The number of benzene rings is 1. The highest BCUT2D eigenvalue weighted by molar-refractivity contribution is 7.89. The maximum Gasteiger partial charge on any atom is 0.245 e. The summed E-state index contributed by atoms with van der Waals surface area (Å²) in [5.41, 5.74) is 0.677. The van der Waals surface area contributed by atoms with Gasteiger partial charge in [-0.3, -0.25) is 0 Å². The third-order valence-electron chi connectivity index (χ3n) is 2.72. The summed E-state index contributed by atoms with van der Waals surface area (Å²) in [5, 5.41) is 0. The van der Waals surface area contributed by atoms with Gasteiger partial charge in [0.05, 0.1) is 18.6 Å². The molecule has 1 fully saturated rings. The predicted octanol–water partition coefficient (Wildman–Crippen LogP) is 0.982. The lowest BCUT2D eigenvalue weighted by Gasteiger charge is -2.16. The minimum Gasteiger partial charge on any atom is -0.497 e. The normalized spacial score (nSPS) is 17.3. The van der Waals surface area contributed by atoms with Crippen LogP contribution in [0.3, 0.4) is 0 Å². The third-order valence-corrected chi connectivity index (χ3v) is 4.70. The van der Waals surface area contributed by atoms with Crippen LogP contribution in [-0.2, 0) is 14.8 Å². The average Bonchev–Trinajstić information content (AvgIpc) is 2.82. The third kappa shape index (κ3) is 2.29. The second-order valence-electron chi connectivity index (χ2n) is 3.85. The van der Waals surface area contributed by atoms with Crippen LogP contribution in [0.15, 0.2) is 23.1 Å². The zero-order valence-electron chi connectivity index (χ0n) is 9.84. The number of aryl methyl sites for hydroxylation is 1. The van der Waals surface area contributed by atoms with Crippen LogP contribution in [0.25, 0.3) is 0 Å². The van der Waals surface area contributed by atoms with E-state index in [4.69, 9.17) is 9.47 Å². The molecule has 0 radical (unpaired) electrons. The second kappa shape index (κ2) is 4.64. The molecule has 0 bridgehead atoms. The first kappa shape index (κ1) is 12.3. The molecular weight excluding hydrogens is 242 g/mol. The van der Waals surface area contributed by atoms with E-state index < -0.39 is 10.0 Å². The lowest BCUT2D eigenvalue weighted by Crippen LogP contribution is -2.28. The summed E-state index contributed by atoms with van der Waals surface area (Å²) in [4.78, 5) is 0.309. The molecule has 0 saturated carbocycles. The Balaban J connectivity index is 2.39. The van der Waals surface area contributed by atoms with Crippen molar-refractivity contribution in [2.24, 2.45) is 0 Å². The summed E-state index contributed by atoms with van der Waals surface area (Å²) in [7, 11) is -1.89. The molecule has 94 valence electrons. The summed E-state index contributed by atoms with van der Waals surface area (Å²) in [6.45, 7) is 2.75. The molecule has 1 aromatic rings. The molecule has 1 aliphatic heterocycles. The van der Waals surface area contributed by atoms with Crippen LogP contribution in [-0.4, -0.2) is 39.7 Å². The Morgan fingerprint density at radius 1 is 1.41 bits per heavy atom. The fraction of sp³-hybridized carbons (Fsp3) is 0.455. The molecule has 5 nitrogen and oxygen atoms in total. The fourth-order valence-electron chi connectivity index (χ4n) is 1.76. The average molecular weight is 257 g/mol. The topological polar surface area (TPSA) is 55.8 Å². The van der Waals surface area contributed by atoms with Crippen LogP contribution in [0.4, 0.5) is 0 Å². The lowest BCUT2D eigenvalue weighted by atomic mass is 10.2. The Morgan fingerprint density at radius 3 is 2.71 bits per heavy atom. The van der Waals surface area contributed by atoms with Gasteiger partial charge in [0.1, 0.15) is 12.5 Å². The van der Waals surface area contributed by atoms with Gasteiger partial charge in [-0.25, -0.2) is 8.42 Å². The largest absolute Gasteiger partial charge is 0.497 e. The quantitative estimate of drug-likeness (QED) is 0.810. The van der Waals surface area contributed by atoms with Crippen molar-refractivity contribution in [1.29, 1.82) is 0 Å². The molecule has 0 unspecified atom stereocenters. The van der Waals surface area contributed by atoms with Crippen molar-refractivity contribution in [2.45, 2.75) is 11.8 Å². The number of hydrogen-bond donors (Lipinski definition) is 0. The summed E-state index contributed by atoms with van der Waals surface area (Å²) >= 11 is 0. The maximum atomic E-state index is 12.3. The Morgan fingerprint density at radius 2 is 2.18 bits per heavy atom. The zero-order valence-corrected chi connectivity index (χ0v) is 10.7. The van der Waals surface area contributed by atoms with Crippen LogP contribution >= 0.6 is 0 Å². The van der Waals surface area contributed by atoms with E-state index in [1.165, 1.54) is 4.31 Å². The summed E-state index contributed by atoms with van der Waals surface area (Å²) in [6, 6.07) is 4.93. The number of nitrogens with zero attached hydrogens (tertiary/aromatic N) is 1. The second-order valence-corrected chi connectivity index (χ2v) is 5.76. The van der Waals surface area contributed by atoms with E-state index in [2.05, 4.69) is 0 Å². The van der Waals surface area contributed by atoms with E-state index >= 15 is 0 Å². The van der Waals surface area contributed by atoms with Gasteiger partial charge < -0.3 is 9.47 Å². The van der Waals surface area contributed by atoms with Crippen LogP contribution in [0.1, 0.15) is 5.56 Å². The number of rotatable bonds is 3. The van der Waals surface area contributed by atoms with Gasteiger partial charge in [-0.05, 0) is 30.7 Å². The first-order valence-electron chi connectivity index (χ1n) is 5.28. The molecule has 1 aliphatic rings. The van der Waals surface area contributed by atoms with Crippen molar-refractivity contribution in [2.75, 3.05) is 27.0 Å². The van der Waals surface area contributed by atoms with Gasteiger partial charge >= 0.3 is 0 Å². The molecule has 0 atom stereocenters. The summed E-state index contributed by atoms with van der Waals surface area (Å²) in [5.74, 6) is 0.652. The Kier molecular flexibility index (Phi) is 3.37. The van der Waals surface area contributed by atoms with E-state index in [1.807, 2.05) is 0 Å². The molecule has 0 spiro atoms. The van der Waals surface area contributed by atoms with Gasteiger partial charge in [0, 0.05) is 6.54 Å². The molecule has 1 aromatic carbocycles. The van der Waals surface area contributed by atoms with Crippen molar-refractivity contribution in [1.82, 2.24) is 4.31 Å². The molecule has 17 heavy (non-hydrogen) atoms. The van der Waals surface area contributed by atoms with Crippen LogP contribution in [0.5, 0.6) is 5.75 Å². The van der Waals surface area contributed by atoms with E-state index in [9.17, 15) is 8.42 Å². The van der Waals surface area contributed by atoms with Crippen LogP contribution in [0.2, 0.25) is 0 Å². The first-order chi connectivity index (χ1) is 8.05. The van der Waals surface area contributed by atoms with E-state index in [0.29, 0.717) is 29.4 Å². The molecule has 1 heterocycles. The van der Waals surface area contributed by atoms with Crippen molar-refractivity contribution in [3.8, 4) is 5.75 Å². The highest BCUT2D eigenvalue weighted by Gasteiger charge is 2.29. The van der Waals surface area contributed by atoms with E-state index in [0.717, 1.165) is 0 Å². The van der Waals surface area contributed by atoms with Crippen molar-refractivity contribution >= 4 is 10.0 Å². The molecule has 0 amide bonds. The molecule has 0 aliphatic carbocycles. The smallest absolute Gasteiger partial charge is 0.245 e. The molecule has 6 heteroatoms. The van der Waals surface area contributed by atoms with Gasteiger partial charge in [0.2, 0.25) is 10.0 Å². The molecule has 2 rings (SSSR count). The minimum atomic E-state index is -3.44. The van der Waals surface area contributed by atoms with Gasteiger partial charge in [-0.1, -0.05) is 0 Å². The summed E-state index contributed by atoms with van der Waals surface area (Å²) < 4.78 is 36.0. The molecular formula is C11H15NO4S. The standard InChI is InChI=1S/C11H15NO4S/c1-9-7-10(15-2)3-4-11(9)17(13,14)12-5-6-16-8-12/h3-4,7H,5-6,8H2,1-2H3. The molecule has 1 saturated heterocycles. The van der Waals surface area contributed by atoms with Gasteiger partial charge in [0.25, 0.3) is 0 Å². The minimum absolute atomic E-state index is 0.133. The predicted molar refractivity (Wildman–Crippen MR) is 62.4 cm³/mol. The fourth-order valence-corrected chi connectivity index (χ4v) is 3.28. The van der Waals surface area contributed by atoms with Crippen molar-refractivity contribution in [3.05, 3.63) is 23.8 Å². The van der Waals surface area contributed by atoms with Crippen LogP contribution < -0.4 is 4.74 Å². The molecule has 0 N–H and O–H groups in total. The number of ether oxygens (including phenoxy) is 2. The molecule has 0 aromatic heterocycles. The number of methoxy groups -OCH3 is 1. The maximum absolute atomic E-state index is 12.3. The van der Waals surface area contributed by atoms with Crippen LogP contribution in [0, 0.1) is 6.92 Å². The van der Waals surface area contributed by atoms with Gasteiger partial charge in [0.15, 0.2) is 0 Å². The Hall–Kier alpha value is -1.11. The van der Waals surface area contributed by atoms with E-state index in [1.54, 1.807) is 32.2 Å². The Bertz CT molecular complexity index is 506. The summed E-state index contributed by atoms with van der Waals surface area (Å²) in [6.07, 6.45) is 0. The highest BCUT2D eigenvalue weighted by Crippen LogP contribution is 2.24. The Labute approximate surface area is 101 Å². The van der Waals surface area contributed by atoms with E-state index in [-0.39, 0.29) is 6.73 Å². The number of hydrogen-bond acceptors (Lipinski definition) is 4. The first-order valence-corrected chi connectivity index (χ1v) is 6.72. The van der Waals surface area contributed by atoms with Gasteiger partial charge in [-0.2, -0.15) is 4.31 Å². The van der Waals surface area contributed by atoms with Gasteiger partial charge in [-0.15, -0.1) is 0 Å². The SMILES string of the molecule is COc1ccc(S(=O)(=O)N2CCOC2)c(C)c1. The number of sulfonamides is 1. The zero-order chi connectivity index (χ0) is 12.5. The highest BCUT2D eigenvalue weighted by atomic mass is 32.2. The van der Waals surface area contributed by atoms with Crippen molar-refractivity contribution < 1.29 is 17.9 Å². The van der Waals surface area contributed by atoms with Crippen molar-refractivity contribution in [3.63, 3.8) is 0 Å².